The summed E-state index contributed by atoms with van der Waals surface area (Å²) in [4.78, 5) is 11.2. The molecule has 1 aromatic carbocycles. The van der Waals surface area contributed by atoms with Crippen LogP contribution in [0.4, 0.5) is 22.0 Å². The Morgan fingerprint density at radius 2 is 1.39 bits per heavy atom. The van der Waals surface area contributed by atoms with Gasteiger partial charge in [-0.1, -0.05) is 0 Å². The van der Waals surface area contributed by atoms with Crippen molar-refractivity contribution in [3.63, 3.8) is 0 Å². The van der Waals surface area contributed by atoms with E-state index in [1.165, 1.54) is 0 Å². The van der Waals surface area contributed by atoms with E-state index in [0.717, 1.165) is 12.8 Å². The van der Waals surface area contributed by atoms with Crippen LogP contribution in [0.25, 0.3) is 0 Å². The maximum atomic E-state index is 13.1. The van der Waals surface area contributed by atoms with Crippen LogP contribution in [0.5, 0.6) is 5.75 Å². The van der Waals surface area contributed by atoms with Crippen LogP contribution in [0.15, 0.2) is 0 Å². The minimum atomic E-state index is -2.29. The van der Waals surface area contributed by atoms with Crippen molar-refractivity contribution < 1.29 is 31.5 Å². The van der Waals surface area contributed by atoms with E-state index in [2.05, 4.69) is 4.74 Å². The molecule has 0 heterocycles. The molecular formula is C11H7F5O2. The van der Waals surface area contributed by atoms with Gasteiger partial charge in [-0.2, -0.15) is 8.78 Å². The Labute approximate surface area is 98.4 Å². The fraction of sp³-hybridized carbons (Fsp3) is 0.364. The van der Waals surface area contributed by atoms with Crippen LogP contribution in [0.3, 0.4) is 0 Å². The highest BCUT2D eigenvalue weighted by atomic mass is 19.2. The predicted octanol–water partition coefficient (Wildman–Crippen LogP) is 3.09. The molecule has 1 aliphatic carbocycles. The predicted molar refractivity (Wildman–Crippen MR) is 49.2 cm³/mol. The van der Waals surface area contributed by atoms with E-state index < -0.39 is 40.8 Å². The molecule has 1 saturated carbocycles. The van der Waals surface area contributed by atoms with Gasteiger partial charge in [0.1, 0.15) is 0 Å². The highest BCUT2D eigenvalue weighted by Crippen LogP contribution is 2.34. The van der Waals surface area contributed by atoms with E-state index in [1.54, 1.807) is 0 Å². The van der Waals surface area contributed by atoms with Crippen LogP contribution in [0.1, 0.15) is 19.3 Å². The van der Waals surface area contributed by atoms with Gasteiger partial charge in [0, 0.05) is 6.42 Å². The molecule has 2 rings (SSSR count). The van der Waals surface area contributed by atoms with E-state index >= 15 is 0 Å². The molecule has 0 unspecified atom stereocenters. The summed E-state index contributed by atoms with van der Waals surface area (Å²) in [6, 6.07) is 0. The summed E-state index contributed by atoms with van der Waals surface area (Å²) in [5.41, 5.74) is 0. The second kappa shape index (κ2) is 4.55. The Bertz CT molecular complexity index is 482. The lowest BCUT2D eigenvalue weighted by molar-refractivity contribution is -0.135. The lowest BCUT2D eigenvalue weighted by Gasteiger charge is -2.08. The largest absolute Gasteiger partial charge is 0.420 e. The third-order valence-electron chi connectivity index (χ3n) is 2.54. The highest BCUT2D eigenvalue weighted by Gasteiger charge is 2.30. The van der Waals surface area contributed by atoms with Gasteiger partial charge in [0.05, 0.1) is 0 Å². The van der Waals surface area contributed by atoms with Gasteiger partial charge >= 0.3 is 5.97 Å². The number of esters is 1. The number of hydrogen-bond acceptors (Lipinski definition) is 2. The SMILES string of the molecule is O=C(CC1CC1)Oc1c(F)c(F)c(F)c(F)c1F. The van der Waals surface area contributed by atoms with Gasteiger partial charge in [-0.3, -0.25) is 4.79 Å². The van der Waals surface area contributed by atoms with Gasteiger partial charge in [0.25, 0.3) is 0 Å². The summed E-state index contributed by atoms with van der Waals surface area (Å²) >= 11 is 0. The molecule has 0 radical (unpaired) electrons. The fourth-order valence-electron chi connectivity index (χ4n) is 1.39. The molecule has 0 amide bonds. The quantitative estimate of drug-likeness (QED) is 0.276. The Morgan fingerprint density at radius 1 is 0.944 bits per heavy atom. The van der Waals surface area contributed by atoms with Crippen molar-refractivity contribution in [2.45, 2.75) is 19.3 Å². The number of halogens is 5. The van der Waals surface area contributed by atoms with E-state index in [0.29, 0.717) is 0 Å². The Balaban J connectivity index is 2.28. The lowest BCUT2D eigenvalue weighted by atomic mass is 10.2. The first-order valence-corrected chi connectivity index (χ1v) is 5.14. The molecule has 1 aliphatic rings. The first-order valence-electron chi connectivity index (χ1n) is 5.14. The maximum Gasteiger partial charge on any atom is 0.311 e. The van der Waals surface area contributed by atoms with Gasteiger partial charge in [0.15, 0.2) is 0 Å². The smallest absolute Gasteiger partial charge is 0.311 e. The topological polar surface area (TPSA) is 26.3 Å². The number of rotatable bonds is 3. The first-order chi connectivity index (χ1) is 8.41. The molecule has 0 bridgehead atoms. The molecule has 0 spiro atoms. The fourth-order valence-corrected chi connectivity index (χ4v) is 1.39. The Hall–Kier alpha value is -1.66. The lowest BCUT2D eigenvalue weighted by Crippen LogP contribution is -2.13. The Kier molecular flexibility index (Phi) is 3.23. The van der Waals surface area contributed by atoms with Crippen LogP contribution in [-0.2, 0) is 4.79 Å². The minimum Gasteiger partial charge on any atom is -0.420 e. The summed E-state index contributed by atoms with van der Waals surface area (Å²) in [6.45, 7) is 0. The average Bonchev–Trinajstić information content (AvgIpc) is 3.13. The zero-order valence-corrected chi connectivity index (χ0v) is 8.90. The molecule has 1 aromatic rings. The average molecular weight is 266 g/mol. The van der Waals surface area contributed by atoms with Crippen molar-refractivity contribution in [1.29, 1.82) is 0 Å². The minimum absolute atomic E-state index is 0.0683. The van der Waals surface area contributed by atoms with Crippen molar-refractivity contribution in [2.24, 2.45) is 5.92 Å². The molecule has 98 valence electrons. The van der Waals surface area contributed by atoms with Gasteiger partial charge in [-0.25, -0.2) is 13.2 Å². The molecule has 0 N–H and O–H groups in total. The van der Waals surface area contributed by atoms with E-state index in [-0.39, 0.29) is 12.3 Å². The van der Waals surface area contributed by atoms with E-state index in [9.17, 15) is 26.7 Å². The van der Waals surface area contributed by atoms with Crippen molar-refractivity contribution in [1.82, 2.24) is 0 Å². The second-order valence-corrected chi connectivity index (χ2v) is 4.02. The number of carbonyl (C=O) groups is 1. The molecule has 0 saturated heterocycles. The monoisotopic (exact) mass is 266 g/mol. The van der Waals surface area contributed by atoms with Crippen LogP contribution in [0.2, 0.25) is 0 Å². The van der Waals surface area contributed by atoms with Gasteiger partial charge < -0.3 is 4.74 Å². The molecule has 0 aliphatic heterocycles. The Morgan fingerprint density at radius 3 is 1.83 bits per heavy atom. The number of hydrogen-bond donors (Lipinski definition) is 0. The summed E-state index contributed by atoms with van der Waals surface area (Å²) < 4.78 is 68.7. The molecule has 0 atom stereocenters. The molecular weight excluding hydrogens is 259 g/mol. The number of benzene rings is 1. The van der Waals surface area contributed by atoms with Crippen molar-refractivity contribution in [2.75, 3.05) is 0 Å². The zero-order chi connectivity index (χ0) is 13.4. The summed E-state index contributed by atoms with van der Waals surface area (Å²) in [5.74, 6) is -13.3. The molecule has 2 nitrogen and oxygen atoms in total. The van der Waals surface area contributed by atoms with Crippen molar-refractivity contribution in [3.8, 4) is 5.75 Å². The summed E-state index contributed by atoms with van der Waals surface area (Å²) in [7, 11) is 0. The molecule has 1 fully saturated rings. The van der Waals surface area contributed by atoms with Crippen LogP contribution < -0.4 is 4.74 Å². The van der Waals surface area contributed by atoms with Crippen LogP contribution in [-0.4, -0.2) is 5.97 Å². The van der Waals surface area contributed by atoms with Crippen LogP contribution >= 0.6 is 0 Å². The third kappa shape index (κ3) is 2.30. The molecule has 18 heavy (non-hydrogen) atoms. The molecule has 7 heteroatoms. The normalized spacial score (nSPS) is 14.7. The number of carbonyl (C=O) groups excluding carboxylic acids is 1. The number of ether oxygens (including phenoxy) is 1. The summed E-state index contributed by atoms with van der Waals surface area (Å²) in [6.07, 6.45) is 1.47. The second-order valence-electron chi connectivity index (χ2n) is 4.02. The van der Waals surface area contributed by atoms with Gasteiger partial charge in [0.2, 0.25) is 34.8 Å². The van der Waals surface area contributed by atoms with Crippen molar-refractivity contribution in [3.05, 3.63) is 29.1 Å². The third-order valence-corrected chi connectivity index (χ3v) is 2.54. The standard InChI is InChI=1S/C11H7F5O2/c12-6-7(13)9(15)11(10(16)8(6)14)18-5(17)3-4-1-2-4/h4H,1-3H2. The zero-order valence-electron chi connectivity index (χ0n) is 8.90. The van der Waals surface area contributed by atoms with Gasteiger partial charge in [-0.15, -0.1) is 0 Å². The summed E-state index contributed by atoms with van der Waals surface area (Å²) in [5, 5.41) is 0. The maximum absolute atomic E-state index is 13.1. The van der Waals surface area contributed by atoms with Crippen molar-refractivity contribution >= 4 is 5.97 Å². The van der Waals surface area contributed by atoms with E-state index in [1.807, 2.05) is 0 Å². The van der Waals surface area contributed by atoms with E-state index in [4.69, 9.17) is 0 Å². The first kappa shape index (κ1) is 12.8. The van der Waals surface area contributed by atoms with Gasteiger partial charge in [-0.05, 0) is 18.8 Å². The highest BCUT2D eigenvalue weighted by molar-refractivity contribution is 5.73. The van der Waals surface area contributed by atoms with Crippen LogP contribution in [0, 0.1) is 35.0 Å². The molecule has 0 aromatic heterocycles.